The van der Waals surface area contributed by atoms with Gasteiger partial charge < -0.3 is 9.84 Å². The van der Waals surface area contributed by atoms with Crippen molar-refractivity contribution in [2.45, 2.75) is 24.3 Å². The smallest absolute Gasteiger partial charge is 0.246 e. The first kappa shape index (κ1) is 20.2. The molecule has 2 aromatic carbocycles. The highest BCUT2D eigenvalue weighted by Crippen LogP contribution is 2.24. The summed E-state index contributed by atoms with van der Waals surface area (Å²) in [5.41, 5.74) is 0.827. The zero-order valence-corrected chi connectivity index (χ0v) is 17.1. The highest BCUT2D eigenvalue weighted by molar-refractivity contribution is 7.89. The molecule has 1 aliphatic rings. The molecule has 1 saturated heterocycles. The van der Waals surface area contributed by atoms with E-state index in [0.717, 1.165) is 5.56 Å². The highest BCUT2D eigenvalue weighted by atomic mass is 32.2. The lowest BCUT2D eigenvalue weighted by molar-refractivity contribution is -0.126. The standard InChI is InChI=1S/C21H22N4O4S/c26-21(22-14-19-23-20(24-29-19)16-8-3-1-4-9-16)17-10-7-13-25(15-17)30(27,28)18-11-5-2-6-12-18/h1-6,8-9,11-12,17H,7,10,13-15H2,(H,22,26)/t17-/m0/s1. The fourth-order valence-electron chi connectivity index (χ4n) is 3.45. The summed E-state index contributed by atoms with van der Waals surface area (Å²) in [4.78, 5) is 17.2. The Hall–Kier alpha value is -3.04. The van der Waals surface area contributed by atoms with Gasteiger partial charge in [-0.05, 0) is 25.0 Å². The second kappa shape index (κ2) is 8.76. The summed E-state index contributed by atoms with van der Waals surface area (Å²) in [5, 5.41) is 6.72. The maximum Gasteiger partial charge on any atom is 0.246 e. The number of amides is 1. The lowest BCUT2D eigenvalue weighted by atomic mass is 9.99. The Morgan fingerprint density at radius 3 is 2.53 bits per heavy atom. The van der Waals surface area contributed by atoms with Gasteiger partial charge in [-0.25, -0.2) is 8.42 Å². The van der Waals surface area contributed by atoms with Crippen molar-refractivity contribution in [1.29, 1.82) is 0 Å². The molecular weight excluding hydrogens is 404 g/mol. The number of nitrogens with zero attached hydrogens (tertiary/aromatic N) is 3. The average Bonchev–Trinajstić information content (AvgIpc) is 3.28. The van der Waals surface area contributed by atoms with E-state index in [-0.39, 0.29) is 23.9 Å². The van der Waals surface area contributed by atoms with E-state index < -0.39 is 15.9 Å². The molecule has 0 aliphatic carbocycles. The third-order valence-corrected chi connectivity index (χ3v) is 6.93. The Kier molecular flexibility index (Phi) is 5.91. The van der Waals surface area contributed by atoms with Gasteiger partial charge in [0.1, 0.15) is 0 Å². The molecule has 2 heterocycles. The van der Waals surface area contributed by atoms with Crippen LogP contribution in [0.1, 0.15) is 18.7 Å². The molecule has 1 amide bonds. The number of rotatable bonds is 6. The summed E-state index contributed by atoms with van der Waals surface area (Å²) < 4.78 is 32.3. The molecule has 30 heavy (non-hydrogen) atoms. The Morgan fingerprint density at radius 2 is 1.80 bits per heavy atom. The van der Waals surface area contributed by atoms with E-state index in [1.807, 2.05) is 30.3 Å². The SMILES string of the molecule is O=C(NCc1nc(-c2ccccc2)no1)[C@H]1CCCN(S(=O)(=O)c2ccccc2)C1. The summed E-state index contributed by atoms with van der Waals surface area (Å²) in [5.74, 6) is 0.112. The van der Waals surface area contributed by atoms with E-state index in [1.54, 1.807) is 30.3 Å². The minimum absolute atomic E-state index is 0.0978. The summed E-state index contributed by atoms with van der Waals surface area (Å²) in [6, 6.07) is 17.7. The molecule has 1 atom stereocenters. The molecule has 156 valence electrons. The Bertz CT molecular complexity index is 1100. The number of aromatic nitrogens is 2. The molecule has 4 rings (SSSR count). The van der Waals surface area contributed by atoms with Gasteiger partial charge in [0.15, 0.2) is 0 Å². The maximum atomic E-state index is 12.8. The van der Waals surface area contributed by atoms with Crippen LogP contribution in [0, 0.1) is 5.92 Å². The Balaban J connectivity index is 1.37. The van der Waals surface area contributed by atoms with Gasteiger partial charge in [-0.2, -0.15) is 9.29 Å². The lowest BCUT2D eigenvalue weighted by Crippen LogP contribution is -2.45. The number of hydrogen-bond acceptors (Lipinski definition) is 6. The minimum Gasteiger partial charge on any atom is -0.347 e. The normalized spacial score (nSPS) is 17.5. The van der Waals surface area contributed by atoms with E-state index in [4.69, 9.17) is 4.52 Å². The number of benzene rings is 2. The predicted molar refractivity (Wildman–Crippen MR) is 110 cm³/mol. The summed E-state index contributed by atoms with van der Waals surface area (Å²) in [6.45, 7) is 0.661. The van der Waals surface area contributed by atoms with Gasteiger partial charge in [0.25, 0.3) is 0 Å². The Morgan fingerprint density at radius 1 is 1.10 bits per heavy atom. The van der Waals surface area contributed by atoms with E-state index in [2.05, 4.69) is 15.5 Å². The van der Waals surface area contributed by atoms with Crippen molar-refractivity contribution in [2.75, 3.05) is 13.1 Å². The fraction of sp³-hybridized carbons (Fsp3) is 0.286. The van der Waals surface area contributed by atoms with Crippen molar-refractivity contribution >= 4 is 15.9 Å². The lowest BCUT2D eigenvalue weighted by Gasteiger charge is -2.31. The van der Waals surface area contributed by atoms with E-state index in [0.29, 0.717) is 31.1 Å². The van der Waals surface area contributed by atoms with Crippen molar-refractivity contribution in [3.63, 3.8) is 0 Å². The highest BCUT2D eigenvalue weighted by Gasteiger charge is 2.33. The number of carbonyl (C=O) groups excluding carboxylic acids is 1. The number of nitrogens with one attached hydrogen (secondary N) is 1. The molecular formula is C21H22N4O4S. The van der Waals surface area contributed by atoms with Crippen LogP contribution in [0.5, 0.6) is 0 Å². The molecule has 0 bridgehead atoms. The second-order valence-corrected chi connectivity index (χ2v) is 9.05. The van der Waals surface area contributed by atoms with Gasteiger partial charge in [0.05, 0.1) is 17.4 Å². The molecule has 1 aromatic heterocycles. The molecule has 3 aromatic rings. The molecule has 1 aliphatic heterocycles. The van der Waals surface area contributed by atoms with Crippen LogP contribution in [-0.2, 0) is 21.4 Å². The number of piperidine rings is 1. The third kappa shape index (κ3) is 4.42. The van der Waals surface area contributed by atoms with Gasteiger partial charge in [-0.1, -0.05) is 53.7 Å². The molecule has 9 heteroatoms. The zero-order valence-electron chi connectivity index (χ0n) is 16.3. The number of carbonyl (C=O) groups is 1. The van der Waals surface area contributed by atoms with Gasteiger partial charge in [-0.15, -0.1) is 0 Å². The summed E-state index contributed by atoms with van der Waals surface area (Å²) >= 11 is 0. The van der Waals surface area contributed by atoms with Crippen LogP contribution in [0.15, 0.2) is 70.1 Å². The Labute approximate surface area is 175 Å². The average molecular weight is 426 g/mol. The van der Waals surface area contributed by atoms with Crippen LogP contribution in [0.3, 0.4) is 0 Å². The minimum atomic E-state index is -3.61. The van der Waals surface area contributed by atoms with Crippen LogP contribution in [-0.4, -0.2) is 41.9 Å². The summed E-state index contributed by atoms with van der Waals surface area (Å²) in [6.07, 6.45) is 1.26. The molecule has 1 N–H and O–H groups in total. The van der Waals surface area contributed by atoms with Crippen LogP contribution < -0.4 is 5.32 Å². The topological polar surface area (TPSA) is 105 Å². The van der Waals surface area contributed by atoms with Crippen molar-refractivity contribution in [3.05, 3.63) is 66.6 Å². The quantitative estimate of drug-likeness (QED) is 0.649. The predicted octanol–water partition coefficient (Wildman–Crippen LogP) is 2.45. The van der Waals surface area contributed by atoms with Crippen molar-refractivity contribution in [1.82, 2.24) is 19.8 Å². The van der Waals surface area contributed by atoms with Crippen molar-refractivity contribution in [3.8, 4) is 11.4 Å². The second-order valence-electron chi connectivity index (χ2n) is 7.11. The van der Waals surface area contributed by atoms with Gasteiger partial charge in [0.2, 0.25) is 27.6 Å². The van der Waals surface area contributed by atoms with Gasteiger partial charge in [0, 0.05) is 18.7 Å². The molecule has 0 radical (unpaired) electrons. The first-order chi connectivity index (χ1) is 14.5. The molecule has 1 fully saturated rings. The first-order valence-electron chi connectivity index (χ1n) is 9.75. The molecule has 0 saturated carbocycles. The van der Waals surface area contributed by atoms with Crippen molar-refractivity contribution < 1.29 is 17.7 Å². The van der Waals surface area contributed by atoms with Gasteiger partial charge in [-0.3, -0.25) is 4.79 Å². The largest absolute Gasteiger partial charge is 0.347 e. The number of sulfonamides is 1. The van der Waals surface area contributed by atoms with Crippen molar-refractivity contribution in [2.24, 2.45) is 5.92 Å². The van der Waals surface area contributed by atoms with Crippen LogP contribution in [0.2, 0.25) is 0 Å². The van der Waals surface area contributed by atoms with E-state index in [9.17, 15) is 13.2 Å². The van der Waals surface area contributed by atoms with Crippen LogP contribution in [0.25, 0.3) is 11.4 Å². The summed E-state index contributed by atoms with van der Waals surface area (Å²) in [7, 11) is -3.61. The van der Waals surface area contributed by atoms with Crippen LogP contribution in [0.4, 0.5) is 0 Å². The third-order valence-electron chi connectivity index (χ3n) is 5.05. The van der Waals surface area contributed by atoms with Crippen LogP contribution >= 0.6 is 0 Å². The van der Waals surface area contributed by atoms with Gasteiger partial charge >= 0.3 is 0 Å². The fourth-order valence-corrected chi connectivity index (χ4v) is 5.00. The monoisotopic (exact) mass is 426 g/mol. The maximum absolute atomic E-state index is 12.8. The van der Waals surface area contributed by atoms with E-state index >= 15 is 0 Å². The molecule has 0 unspecified atom stereocenters. The molecule has 8 nitrogen and oxygen atoms in total. The molecule has 0 spiro atoms. The zero-order chi connectivity index (χ0) is 21.0. The first-order valence-corrected chi connectivity index (χ1v) is 11.2. The van der Waals surface area contributed by atoms with E-state index in [1.165, 1.54) is 4.31 Å². The number of hydrogen-bond donors (Lipinski definition) is 1.